The summed E-state index contributed by atoms with van der Waals surface area (Å²) in [6.07, 6.45) is 9.99. The lowest BCUT2D eigenvalue weighted by molar-refractivity contribution is 0.214. The van der Waals surface area contributed by atoms with Crippen LogP contribution in [0.2, 0.25) is 0 Å². The fourth-order valence-electron chi connectivity index (χ4n) is 3.32. The summed E-state index contributed by atoms with van der Waals surface area (Å²) < 4.78 is 5.48. The molecule has 3 unspecified atom stereocenters. The lowest BCUT2D eigenvalue weighted by Crippen LogP contribution is -2.35. The quantitative estimate of drug-likeness (QED) is 0.790. The van der Waals surface area contributed by atoms with Gasteiger partial charge in [-0.05, 0) is 50.1 Å². The van der Waals surface area contributed by atoms with Crippen LogP contribution in [0.1, 0.15) is 45.4 Å². The van der Waals surface area contributed by atoms with Crippen molar-refractivity contribution < 1.29 is 4.74 Å². The zero-order chi connectivity index (χ0) is 11.4. The third-order valence-corrected chi connectivity index (χ3v) is 4.30. The number of ether oxygens (including phenoxy) is 1. The maximum Gasteiger partial charge on any atom is 0.0876 e. The van der Waals surface area contributed by atoms with Crippen LogP contribution in [-0.4, -0.2) is 19.7 Å². The fourth-order valence-corrected chi connectivity index (χ4v) is 3.32. The molecule has 1 heterocycles. The highest BCUT2D eigenvalue weighted by Crippen LogP contribution is 2.37. The fraction of sp³-hybridized carbons (Fsp3) is 0.857. The number of nitrogens with one attached hydrogen (secondary N) is 1. The molecule has 0 radical (unpaired) electrons. The van der Waals surface area contributed by atoms with Gasteiger partial charge in [-0.3, -0.25) is 0 Å². The molecule has 2 rings (SSSR count). The average molecular weight is 223 g/mol. The van der Waals surface area contributed by atoms with Crippen LogP contribution in [0, 0.1) is 11.8 Å². The van der Waals surface area contributed by atoms with Gasteiger partial charge in [-0.2, -0.15) is 0 Å². The highest BCUT2D eigenvalue weighted by molar-refractivity contribution is 5.12. The molecule has 0 aromatic heterocycles. The van der Waals surface area contributed by atoms with Crippen LogP contribution >= 0.6 is 0 Å². The van der Waals surface area contributed by atoms with Crippen LogP contribution in [0.5, 0.6) is 0 Å². The maximum atomic E-state index is 5.48. The van der Waals surface area contributed by atoms with Crippen LogP contribution in [0.4, 0.5) is 0 Å². The number of rotatable bonds is 4. The first-order chi connectivity index (χ1) is 7.85. The van der Waals surface area contributed by atoms with Gasteiger partial charge in [0, 0.05) is 6.04 Å². The number of likely N-dealkylation sites (N-methyl/N-ethyl adjacent to an activating group) is 1. The molecule has 1 aliphatic carbocycles. The Labute approximate surface area is 99.4 Å². The predicted octanol–water partition coefficient (Wildman–Crippen LogP) is 3.10. The van der Waals surface area contributed by atoms with E-state index in [1.54, 1.807) is 0 Å². The molecular weight excluding hydrogens is 198 g/mol. The van der Waals surface area contributed by atoms with E-state index in [1.807, 2.05) is 6.26 Å². The first kappa shape index (κ1) is 12.0. The van der Waals surface area contributed by atoms with Gasteiger partial charge < -0.3 is 10.1 Å². The third-order valence-electron chi connectivity index (χ3n) is 4.30. The lowest BCUT2D eigenvalue weighted by atomic mass is 9.88. The molecule has 92 valence electrons. The summed E-state index contributed by atoms with van der Waals surface area (Å²) in [4.78, 5) is 0. The summed E-state index contributed by atoms with van der Waals surface area (Å²) >= 11 is 0. The van der Waals surface area contributed by atoms with Gasteiger partial charge in [-0.25, -0.2) is 0 Å². The third kappa shape index (κ3) is 2.60. The Morgan fingerprint density at radius 1 is 1.50 bits per heavy atom. The van der Waals surface area contributed by atoms with E-state index in [9.17, 15) is 0 Å². The Morgan fingerprint density at radius 3 is 2.94 bits per heavy atom. The average Bonchev–Trinajstić information content (AvgIpc) is 2.80. The lowest BCUT2D eigenvalue weighted by Gasteiger charge is -2.28. The van der Waals surface area contributed by atoms with Crippen molar-refractivity contribution in [3.8, 4) is 0 Å². The van der Waals surface area contributed by atoms with Crippen molar-refractivity contribution in [2.24, 2.45) is 11.8 Å². The van der Waals surface area contributed by atoms with Crippen LogP contribution in [0.3, 0.4) is 0 Å². The van der Waals surface area contributed by atoms with Crippen molar-refractivity contribution in [2.45, 2.75) is 51.5 Å². The topological polar surface area (TPSA) is 21.3 Å². The van der Waals surface area contributed by atoms with Crippen molar-refractivity contribution in [1.29, 1.82) is 0 Å². The van der Waals surface area contributed by atoms with Crippen molar-refractivity contribution in [2.75, 3.05) is 13.7 Å². The van der Waals surface area contributed by atoms with E-state index < -0.39 is 0 Å². The Morgan fingerprint density at radius 2 is 2.38 bits per heavy atom. The summed E-state index contributed by atoms with van der Waals surface area (Å²) in [5.74, 6) is 1.80. The molecule has 1 N–H and O–H groups in total. The van der Waals surface area contributed by atoms with Gasteiger partial charge in [-0.1, -0.05) is 19.8 Å². The molecule has 2 nitrogen and oxygen atoms in total. The molecule has 1 fully saturated rings. The predicted molar refractivity (Wildman–Crippen MR) is 67.2 cm³/mol. The monoisotopic (exact) mass is 223 g/mol. The van der Waals surface area contributed by atoms with Gasteiger partial charge in [0.25, 0.3) is 0 Å². The van der Waals surface area contributed by atoms with E-state index in [1.165, 1.54) is 44.1 Å². The van der Waals surface area contributed by atoms with Crippen molar-refractivity contribution in [1.82, 2.24) is 5.32 Å². The number of hydrogen-bond donors (Lipinski definition) is 1. The van der Waals surface area contributed by atoms with Gasteiger partial charge >= 0.3 is 0 Å². The van der Waals surface area contributed by atoms with Gasteiger partial charge in [-0.15, -0.1) is 0 Å². The van der Waals surface area contributed by atoms with Crippen molar-refractivity contribution in [3.05, 3.63) is 11.8 Å². The highest BCUT2D eigenvalue weighted by Gasteiger charge is 2.31. The largest absolute Gasteiger partial charge is 0.501 e. The van der Waals surface area contributed by atoms with Crippen LogP contribution < -0.4 is 5.32 Å². The smallest absolute Gasteiger partial charge is 0.0876 e. The molecule has 2 aliphatic rings. The zero-order valence-electron chi connectivity index (χ0n) is 10.7. The molecule has 0 saturated heterocycles. The molecule has 1 aliphatic heterocycles. The van der Waals surface area contributed by atoms with Crippen LogP contribution in [0.15, 0.2) is 11.8 Å². The zero-order valence-corrected chi connectivity index (χ0v) is 10.7. The molecule has 0 aromatic rings. The van der Waals surface area contributed by atoms with E-state index in [0.29, 0.717) is 6.04 Å². The second-order valence-corrected chi connectivity index (χ2v) is 5.28. The van der Waals surface area contributed by atoms with Crippen LogP contribution in [-0.2, 0) is 4.74 Å². The summed E-state index contributed by atoms with van der Waals surface area (Å²) in [7, 11) is 2.10. The summed E-state index contributed by atoms with van der Waals surface area (Å²) in [5.41, 5.74) is 1.50. The second kappa shape index (κ2) is 5.72. The second-order valence-electron chi connectivity index (χ2n) is 5.28. The van der Waals surface area contributed by atoms with E-state index in [2.05, 4.69) is 19.3 Å². The highest BCUT2D eigenvalue weighted by atomic mass is 16.5. The number of hydrogen-bond acceptors (Lipinski definition) is 2. The minimum atomic E-state index is 0.567. The Kier molecular flexibility index (Phi) is 4.28. The van der Waals surface area contributed by atoms with E-state index in [0.717, 1.165) is 18.4 Å². The Balaban J connectivity index is 1.97. The molecule has 1 saturated carbocycles. The minimum Gasteiger partial charge on any atom is -0.501 e. The van der Waals surface area contributed by atoms with E-state index >= 15 is 0 Å². The van der Waals surface area contributed by atoms with Crippen molar-refractivity contribution in [3.63, 3.8) is 0 Å². The first-order valence-corrected chi connectivity index (χ1v) is 6.83. The minimum absolute atomic E-state index is 0.567. The summed E-state index contributed by atoms with van der Waals surface area (Å²) in [5, 5.41) is 3.51. The van der Waals surface area contributed by atoms with Gasteiger partial charge in [0.1, 0.15) is 0 Å². The first-order valence-electron chi connectivity index (χ1n) is 6.83. The molecule has 3 atom stereocenters. The van der Waals surface area contributed by atoms with E-state index in [-0.39, 0.29) is 0 Å². The molecule has 0 spiro atoms. The Bertz CT molecular complexity index is 249. The van der Waals surface area contributed by atoms with Gasteiger partial charge in [0.2, 0.25) is 0 Å². The van der Waals surface area contributed by atoms with E-state index in [4.69, 9.17) is 4.74 Å². The molecular formula is C14H25NO. The molecule has 2 heteroatoms. The normalized spacial score (nSPS) is 32.0. The standard InChI is InChI=1S/C14H25NO/c1-3-11-6-7-12(9-11)14(15-2)13-5-4-8-16-10-13/h10-12,14-15H,3-9H2,1-2H3. The SMILES string of the molecule is CCC1CCC(C(NC)C2=COCCC2)C1. The molecule has 0 aromatic carbocycles. The van der Waals surface area contributed by atoms with Crippen molar-refractivity contribution >= 4 is 0 Å². The maximum absolute atomic E-state index is 5.48. The molecule has 0 amide bonds. The summed E-state index contributed by atoms with van der Waals surface area (Å²) in [6.45, 7) is 3.23. The Hall–Kier alpha value is -0.500. The van der Waals surface area contributed by atoms with Gasteiger partial charge in [0.05, 0.1) is 12.9 Å². The molecule has 0 bridgehead atoms. The van der Waals surface area contributed by atoms with Gasteiger partial charge in [0.15, 0.2) is 0 Å². The molecule has 16 heavy (non-hydrogen) atoms. The summed E-state index contributed by atoms with van der Waals surface area (Å²) in [6, 6.07) is 0.567. The van der Waals surface area contributed by atoms with Crippen LogP contribution in [0.25, 0.3) is 0 Å².